The van der Waals surface area contributed by atoms with E-state index < -0.39 is 11.8 Å². The van der Waals surface area contributed by atoms with Gasteiger partial charge in [-0.05, 0) is 83.9 Å². The molecule has 0 spiro atoms. The molecule has 0 unspecified atom stereocenters. The van der Waals surface area contributed by atoms with Crippen molar-refractivity contribution in [1.82, 2.24) is 5.32 Å². The van der Waals surface area contributed by atoms with E-state index in [0.29, 0.717) is 50.2 Å². The molecular weight excluding hydrogens is 568 g/mol. The number of amides is 2. The van der Waals surface area contributed by atoms with Crippen LogP contribution < -0.4 is 24.8 Å². The van der Waals surface area contributed by atoms with Crippen LogP contribution in [0.25, 0.3) is 12.2 Å². The average molecular weight is 597 g/mol. The summed E-state index contributed by atoms with van der Waals surface area (Å²) >= 11 is 5.99. The van der Waals surface area contributed by atoms with Crippen molar-refractivity contribution in [2.45, 2.75) is 0 Å². The summed E-state index contributed by atoms with van der Waals surface area (Å²) in [5, 5.41) is 6.01. The van der Waals surface area contributed by atoms with E-state index in [-0.39, 0.29) is 11.5 Å². The van der Waals surface area contributed by atoms with Gasteiger partial charge in [-0.3, -0.25) is 14.4 Å². The highest BCUT2D eigenvalue weighted by atomic mass is 35.5. The Morgan fingerprint density at radius 2 is 1.35 bits per heavy atom. The van der Waals surface area contributed by atoms with Gasteiger partial charge in [0.25, 0.3) is 11.8 Å². The third-order valence-electron chi connectivity index (χ3n) is 6.25. The molecule has 0 saturated heterocycles. The SMILES string of the molecule is COc1cc(/C=C/C(=O)c2ccc(NC(=O)/C(=C/c3ccc(Cl)cc3)NC(=O)c3ccccc3)cc2)cc(OC)c1OC. The van der Waals surface area contributed by atoms with E-state index in [1.165, 1.54) is 27.4 Å². The molecule has 218 valence electrons. The highest BCUT2D eigenvalue weighted by molar-refractivity contribution is 6.30. The third kappa shape index (κ3) is 8.12. The number of benzene rings is 4. The molecular formula is C34H29ClN2O6. The molecule has 4 rings (SSSR count). The summed E-state index contributed by atoms with van der Waals surface area (Å²) in [5.41, 5.74) is 2.64. The fourth-order valence-electron chi connectivity index (χ4n) is 4.05. The molecule has 0 radical (unpaired) electrons. The summed E-state index contributed by atoms with van der Waals surface area (Å²) in [7, 11) is 4.55. The monoisotopic (exact) mass is 596 g/mol. The van der Waals surface area contributed by atoms with Crippen LogP contribution in [0.4, 0.5) is 5.69 Å². The number of carbonyl (C=O) groups is 3. The van der Waals surface area contributed by atoms with E-state index in [1.807, 2.05) is 0 Å². The molecule has 0 aliphatic heterocycles. The fourth-order valence-corrected chi connectivity index (χ4v) is 4.18. The van der Waals surface area contributed by atoms with Crippen molar-refractivity contribution in [2.24, 2.45) is 0 Å². The van der Waals surface area contributed by atoms with Gasteiger partial charge in [-0.25, -0.2) is 0 Å². The highest BCUT2D eigenvalue weighted by Gasteiger charge is 2.16. The maximum atomic E-state index is 13.3. The van der Waals surface area contributed by atoms with Crippen molar-refractivity contribution in [3.63, 3.8) is 0 Å². The minimum Gasteiger partial charge on any atom is -0.493 e. The summed E-state index contributed by atoms with van der Waals surface area (Å²) in [4.78, 5) is 38.9. The Morgan fingerprint density at radius 1 is 0.721 bits per heavy atom. The highest BCUT2D eigenvalue weighted by Crippen LogP contribution is 2.38. The van der Waals surface area contributed by atoms with Crippen LogP contribution in [-0.4, -0.2) is 38.9 Å². The van der Waals surface area contributed by atoms with Gasteiger partial charge in [-0.1, -0.05) is 48.0 Å². The van der Waals surface area contributed by atoms with E-state index in [9.17, 15) is 14.4 Å². The van der Waals surface area contributed by atoms with Crippen molar-refractivity contribution in [2.75, 3.05) is 26.6 Å². The lowest BCUT2D eigenvalue weighted by atomic mass is 10.1. The molecule has 2 N–H and O–H groups in total. The van der Waals surface area contributed by atoms with Crippen LogP contribution in [0.1, 0.15) is 31.8 Å². The van der Waals surface area contributed by atoms with Crippen LogP contribution in [0.5, 0.6) is 17.2 Å². The number of halogens is 1. The molecule has 0 aliphatic carbocycles. The molecule has 2 amide bonds. The maximum Gasteiger partial charge on any atom is 0.272 e. The zero-order valence-electron chi connectivity index (χ0n) is 23.7. The standard InChI is InChI=1S/C34H29ClN2O6/c1-41-30-20-23(21-31(42-2)32(30)43-3)11-18-29(38)24-12-16-27(17-13-24)36-34(40)28(19-22-9-14-26(35)15-10-22)37-33(39)25-7-5-4-6-8-25/h4-21H,1-3H3,(H,36,40)(H,37,39)/b18-11+,28-19-. The van der Waals surface area contributed by atoms with Gasteiger partial charge >= 0.3 is 0 Å². The lowest BCUT2D eigenvalue weighted by Crippen LogP contribution is -2.30. The third-order valence-corrected chi connectivity index (χ3v) is 6.50. The predicted octanol–water partition coefficient (Wildman–Crippen LogP) is 6.67. The van der Waals surface area contributed by atoms with Crippen molar-refractivity contribution in [3.05, 3.63) is 130 Å². The van der Waals surface area contributed by atoms with Gasteiger partial charge in [0.1, 0.15) is 5.70 Å². The van der Waals surface area contributed by atoms with Crippen LogP contribution in [0.15, 0.2) is 103 Å². The number of hydrogen-bond acceptors (Lipinski definition) is 6. The maximum absolute atomic E-state index is 13.3. The Labute approximate surface area is 254 Å². The molecule has 0 atom stereocenters. The first-order valence-electron chi connectivity index (χ1n) is 13.1. The van der Waals surface area contributed by atoms with Crippen molar-refractivity contribution >= 4 is 47.0 Å². The van der Waals surface area contributed by atoms with Crippen LogP contribution in [0.2, 0.25) is 5.02 Å². The number of ether oxygens (including phenoxy) is 3. The number of allylic oxidation sites excluding steroid dienone is 1. The quantitative estimate of drug-likeness (QED) is 0.148. The molecule has 0 aromatic heterocycles. The van der Waals surface area contributed by atoms with Crippen molar-refractivity contribution in [1.29, 1.82) is 0 Å². The topological polar surface area (TPSA) is 103 Å². The van der Waals surface area contributed by atoms with Crippen molar-refractivity contribution in [3.8, 4) is 17.2 Å². The number of carbonyl (C=O) groups excluding carboxylic acids is 3. The Hall–Kier alpha value is -5.34. The van der Waals surface area contributed by atoms with Crippen LogP contribution >= 0.6 is 11.6 Å². The second kappa shape index (κ2) is 14.5. The summed E-state index contributed by atoms with van der Waals surface area (Å²) < 4.78 is 16.1. The molecule has 0 aliphatic rings. The molecule has 0 bridgehead atoms. The second-order valence-corrected chi connectivity index (χ2v) is 9.55. The first-order valence-corrected chi connectivity index (χ1v) is 13.5. The molecule has 8 nitrogen and oxygen atoms in total. The zero-order chi connectivity index (χ0) is 30.8. The first-order chi connectivity index (χ1) is 20.8. The zero-order valence-corrected chi connectivity index (χ0v) is 24.5. The Bertz CT molecular complexity index is 1640. The molecule has 0 saturated carbocycles. The van der Waals surface area contributed by atoms with Crippen LogP contribution in [0.3, 0.4) is 0 Å². The van der Waals surface area contributed by atoms with Gasteiger partial charge < -0.3 is 24.8 Å². The lowest BCUT2D eigenvalue weighted by molar-refractivity contribution is -0.113. The van der Waals surface area contributed by atoms with E-state index >= 15 is 0 Å². The summed E-state index contributed by atoms with van der Waals surface area (Å²) in [6.07, 6.45) is 4.63. The van der Waals surface area contributed by atoms with Gasteiger partial charge in [0.2, 0.25) is 5.75 Å². The van der Waals surface area contributed by atoms with E-state index in [4.69, 9.17) is 25.8 Å². The molecule has 9 heteroatoms. The average Bonchev–Trinajstić information content (AvgIpc) is 3.04. The largest absolute Gasteiger partial charge is 0.493 e. The van der Waals surface area contributed by atoms with Gasteiger partial charge in [-0.15, -0.1) is 0 Å². The Morgan fingerprint density at radius 3 is 1.93 bits per heavy atom. The summed E-state index contributed by atoms with van der Waals surface area (Å²) in [5.74, 6) is 0.176. The summed E-state index contributed by atoms with van der Waals surface area (Å²) in [6, 6.07) is 25.3. The molecule has 0 fully saturated rings. The predicted molar refractivity (Wildman–Crippen MR) is 168 cm³/mol. The van der Waals surface area contributed by atoms with Crippen LogP contribution in [0, 0.1) is 0 Å². The number of ketones is 1. The van der Waals surface area contributed by atoms with E-state index in [2.05, 4.69) is 10.6 Å². The van der Waals surface area contributed by atoms with Gasteiger partial charge in [0.15, 0.2) is 17.3 Å². The number of hydrogen-bond donors (Lipinski definition) is 2. The molecule has 43 heavy (non-hydrogen) atoms. The molecule has 0 heterocycles. The first kappa shape index (κ1) is 30.6. The van der Waals surface area contributed by atoms with Crippen LogP contribution in [-0.2, 0) is 4.79 Å². The lowest BCUT2D eigenvalue weighted by Gasteiger charge is -2.12. The number of rotatable bonds is 11. The minimum atomic E-state index is -0.541. The molecule has 4 aromatic rings. The smallest absolute Gasteiger partial charge is 0.272 e. The number of nitrogens with one attached hydrogen (secondary N) is 2. The fraction of sp³-hybridized carbons (Fsp3) is 0.0882. The van der Waals surface area contributed by atoms with Gasteiger partial charge in [-0.2, -0.15) is 0 Å². The van der Waals surface area contributed by atoms with Crippen molar-refractivity contribution < 1.29 is 28.6 Å². The number of anilines is 1. The Kier molecular flexibility index (Phi) is 10.3. The molecule has 4 aromatic carbocycles. The van der Waals surface area contributed by atoms with Gasteiger partial charge in [0.05, 0.1) is 21.3 Å². The van der Waals surface area contributed by atoms with E-state index in [1.54, 1.807) is 103 Å². The normalized spacial score (nSPS) is 11.1. The second-order valence-electron chi connectivity index (χ2n) is 9.12. The van der Waals surface area contributed by atoms with E-state index in [0.717, 1.165) is 0 Å². The number of methoxy groups -OCH3 is 3. The minimum absolute atomic E-state index is 0.0320. The van der Waals surface area contributed by atoms with Gasteiger partial charge in [0, 0.05) is 21.8 Å². The summed E-state index contributed by atoms with van der Waals surface area (Å²) in [6.45, 7) is 0. The Balaban J connectivity index is 1.49.